The van der Waals surface area contributed by atoms with Crippen LogP contribution >= 0.6 is 0 Å². The van der Waals surface area contributed by atoms with E-state index in [0.717, 1.165) is 22.7 Å². The molecule has 0 unspecified atom stereocenters. The minimum atomic E-state index is 0.822. The van der Waals surface area contributed by atoms with Crippen LogP contribution in [-0.2, 0) is 0 Å². The molecule has 2 spiro atoms. The third-order valence-electron chi connectivity index (χ3n) is 5.33. The van der Waals surface area contributed by atoms with Crippen LogP contribution in [0.5, 0.6) is 0 Å². The average Bonchev–Trinajstić information content (AvgIpc) is 2.48. The summed E-state index contributed by atoms with van der Waals surface area (Å²) in [6.45, 7) is 2.72. The molecule has 0 radical (unpaired) electrons. The first-order valence-corrected chi connectivity index (χ1v) is 5.04. The number of hydrogen-bond donors (Lipinski definition) is 1. The lowest BCUT2D eigenvalue weighted by Gasteiger charge is -2.32. The molecule has 5 rings (SSSR count). The van der Waals surface area contributed by atoms with E-state index in [1.807, 2.05) is 0 Å². The van der Waals surface area contributed by atoms with Crippen LogP contribution in [0.1, 0.15) is 25.7 Å². The van der Waals surface area contributed by atoms with Gasteiger partial charge < -0.3 is 5.32 Å². The highest BCUT2D eigenvalue weighted by Gasteiger charge is 2.72. The van der Waals surface area contributed by atoms with E-state index in [1.165, 1.54) is 13.1 Å². The van der Waals surface area contributed by atoms with E-state index in [1.54, 1.807) is 25.7 Å². The molecule has 5 aliphatic rings. The van der Waals surface area contributed by atoms with Crippen LogP contribution in [0.4, 0.5) is 0 Å². The minimum Gasteiger partial charge on any atom is -0.316 e. The van der Waals surface area contributed by atoms with Crippen LogP contribution in [0.3, 0.4) is 0 Å². The molecule has 0 aromatic rings. The van der Waals surface area contributed by atoms with Gasteiger partial charge in [-0.3, -0.25) is 0 Å². The van der Waals surface area contributed by atoms with Gasteiger partial charge in [-0.2, -0.15) is 0 Å². The van der Waals surface area contributed by atoms with Crippen molar-refractivity contribution in [1.29, 1.82) is 0 Å². The van der Waals surface area contributed by atoms with Crippen molar-refractivity contribution in [2.45, 2.75) is 25.7 Å². The molecule has 11 heavy (non-hydrogen) atoms. The van der Waals surface area contributed by atoms with E-state index in [4.69, 9.17) is 0 Å². The molecule has 5 fully saturated rings. The highest BCUT2D eigenvalue weighted by Crippen LogP contribution is 2.77. The Balaban J connectivity index is 1.99. The van der Waals surface area contributed by atoms with Gasteiger partial charge in [0.05, 0.1) is 0 Å². The van der Waals surface area contributed by atoms with E-state index >= 15 is 0 Å². The maximum atomic E-state index is 3.62. The van der Waals surface area contributed by atoms with Gasteiger partial charge in [0, 0.05) is 13.1 Å². The lowest BCUT2D eigenvalue weighted by Crippen LogP contribution is -2.30. The van der Waals surface area contributed by atoms with Crippen molar-refractivity contribution in [2.24, 2.45) is 22.7 Å². The molecule has 1 heterocycles. The van der Waals surface area contributed by atoms with Crippen molar-refractivity contribution in [3.05, 3.63) is 0 Å². The van der Waals surface area contributed by atoms with E-state index < -0.39 is 0 Å². The van der Waals surface area contributed by atoms with Gasteiger partial charge in [0.15, 0.2) is 0 Å². The summed E-state index contributed by atoms with van der Waals surface area (Å²) < 4.78 is 0. The quantitative estimate of drug-likeness (QED) is 0.549. The predicted molar refractivity (Wildman–Crippen MR) is 43.2 cm³/mol. The second-order valence-corrected chi connectivity index (χ2v) is 5.50. The number of hydrogen-bond acceptors (Lipinski definition) is 1. The molecule has 0 aromatic heterocycles. The zero-order valence-electron chi connectivity index (χ0n) is 6.90. The summed E-state index contributed by atoms with van der Waals surface area (Å²) in [5.74, 6) is 2.33. The zero-order chi connectivity index (χ0) is 7.10. The van der Waals surface area contributed by atoms with Crippen molar-refractivity contribution in [2.75, 3.05) is 13.1 Å². The summed E-state index contributed by atoms with van der Waals surface area (Å²) in [7, 11) is 0. The van der Waals surface area contributed by atoms with Crippen molar-refractivity contribution in [3.8, 4) is 0 Å². The minimum absolute atomic E-state index is 0.822. The van der Waals surface area contributed by atoms with Crippen LogP contribution in [0.15, 0.2) is 0 Å². The Morgan fingerprint density at radius 1 is 0.818 bits per heavy atom. The average molecular weight is 149 g/mol. The summed E-state index contributed by atoms with van der Waals surface area (Å²) in [6.07, 6.45) is 6.35. The van der Waals surface area contributed by atoms with Crippen LogP contribution in [-0.4, -0.2) is 13.1 Å². The topological polar surface area (TPSA) is 12.0 Å². The molecule has 1 heteroatoms. The Bertz CT molecular complexity index is 197. The maximum absolute atomic E-state index is 3.62. The van der Waals surface area contributed by atoms with Gasteiger partial charge in [-0.1, -0.05) is 0 Å². The van der Waals surface area contributed by atoms with Crippen molar-refractivity contribution < 1.29 is 0 Å². The summed E-state index contributed by atoms with van der Waals surface area (Å²) in [5.41, 5.74) is 1.64. The molecule has 4 aliphatic carbocycles. The number of rotatable bonds is 0. The summed E-state index contributed by atoms with van der Waals surface area (Å²) >= 11 is 0. The Morgan fingerprint density at radius 2 is 1.27 bits per heavy atom. The Labute approximate surface area is 67.6 Å². The first-order valence-electron chi connectivity index (χ1n) is 5.04. The van der Waals surface area contributed by atoms with Gasteiger partial charge in [-0.25, -0.2) is 0 Å². The number of nitrogens with one attached hydrogen (secondary N) is 1. The second kappa shape index (κ2) is 1.28. The third kappa shape index (κ3) is 0.376. The first kappa shape index (κ1) is 5.58. The van der Waals surface area contributed by atoms with E-state index in [-0.39, 0.29) is 0 Å². The second-order valence-electron chi connectivity index (χ2n) is 5.50. The van der Waals surface area contributed by atoms with Crippen molar-refractivity contribution >= 4 is 0 Å². The largest absolute Gasteiger partial charge is 0.316 e. The van der Waals surface area contributed by atoms with E-state index in [9.17, 15) is 0 Å². The molecule has 60 valence electrons. The summed E-state index contributed by atoms with van der Waals surface area (Å²) in [4.78, 5) is 0. The molecule has 4 bridgehead atoms. The molecule has 1 nitrogen and oxygen atoms in total. The standard InChI is InChI=1S/C10H15N/c1-7-2-10-4-8(7)3-9(1,10)5-11-6-10/h7-8,11H,1-6H2. The fourth-order valence-electron chi connectivity index (χ4n) is 5.06. The van der Waals surface area contributed by atoms with E-state index in [0.29, 0.717) is 0 Å². The SMILES string of the molecule is C1NCC23CC4CC12CC4C3. The molecule has 1 aliphatic heterocycles. The first-order chi connectivity index (χ1) is 5.34. The van der Waals surface area contributed by atoms with Gasteiger partial charge in [-0.05, 0) is 48.3 Å². The lowest BCUT2D eigenvalue weighted by atomic mass is 9.71. The van der Waals surface area contributed by atoms with Gasteiger partial charge in [0.1, 0.15) is 0 Å². The molecule has 1 saturated heterocycles. The van der Waals surface area contributed by atoms with Crippen LogP contribution in [0.25, 0.3) is 0 Å². The lowest BCUT2D eigenvalue weighted by molar-refractivity contribution is 0.184. The van der Waals surface area contributed by atoms with Gasteiger partial charge in [-0.15, -0.1) is 0 Å². The highest BCUT2D eigenvalue weighted by atomic mass is 15.0. The monoisotopic (exact) mass is 149 g/mol. The zero-order valence-corrected chi connectivity index (χ0v) is 6.90. The smallest absolute Gasteiger partial charge is 0.00141 e. The van der Waals surface area contributed by atoms with Crippen LogP contribution in [0.2, 0.25) is 0 Å². The Morgan fingerprint density at radius 3 is 1.73 bits per heavy atom. The molecular formula is C10H15N. The maximum Gasteiger partial charge on any atom is 0.00141 e. The fraction of sp³-hybridized carbons (Fsp3) is 1.00. The molecule has 0 amide bonds. The third-order valence-corrected chi connectivity index (χ3v) is 5.33. The predicted octanol–water partition coefficient (Wildman–Crippen LogP) is 1.40. The summed E-state index contributed by atoms with van der Waals surface area (Å²) in [5, 5.41) is 3.62. The molecule has 0 atom stereocenters. The normalized spacial score (nSPS) is 69.8. The molecule has 1 N–H and O–H groups in total. The fourth-order valence-corrected chi connectivity index (χ4v) is 5.06. The van der Waals surface area contributed by atoms with Crippen molar-refractivity contribution in [3.63, 3.8) is 0 Å². The molecule has 0 aromatic carbocycles. The van der Waals surface area contributed by atoms with Crippen LogP contribution in [0, 0.1) is 22.7 Å². The van der Waals surface area contributed by atoms with Gasteiger partial charge >= 0.3 is 0 Å². The Kier molecular flexibility index (Phi) is 0.651. The van der Waals surface area contributed by atoms with Crippen molar-refractivity contribution in [1.82, 2.24) is 5.32 Å². The Hall–Kier alpha value is -0.0400. The summed E-state index contributed by atoms with van der Waals surface area (Å²) in [6, 6.07) is 0. The molecule has 4 saturated carbocycles. The van der Waals surface area contributed by atoms with Crippen LogP contribution < -0.4 is 5.32 Å². The van der Waals surface area contributed by atoms with Gasteiger partial charge in [0.25, 0.3) is 0 Å². The van der Waals surface area contributed by atoms with E-state index in [2.05, 4.69) is 5.32 Å². The highest BCUT2D eigenvalue weighted by molar-refractivity contribution is 5.23. The molecular weight excluding hydrogens is 134 g/mol. The van der Waals surface area contributed by atoms with Gasteiger partial charge in [0.2, 0.25) is 0 Å².